The van der Waals surface area contributed by atoms with Crippen LogP contribution in [0.4, 0.5) is 5.69 Å². The molecule has 1 fully saturated rings. The van der Waals surface area contributed by atoms with E-state index in [2.05, 4.69) is 10.0 Å². The number of rotatable bonds is 8. The number of anilines is 1. The fraction of sp³-hybridized carbons (Fsp3) is 0.611. The Bertz CT molecular complexity index is 692. The Morgan fingerprint density at radius 1 is 1.26 bits per heavy atom. The molecular weight excluding hydrogens is 390 g/mol. The molecule has 1 atom stereocenters. The minimum Gasteiger partial charge on any atom is -0.365 e. The quantitative estimate of drug-likeness (QED) is 0.560. The first-order chi connectivity index (χ1) is 12.4. The average molecular weight is 420 g/mol. The van der Waals surface area contributed by atoms with Crippen LogP contribution in [0.25, 0.3) is 0 Å². The van der Waals surface area contributed by atoms with Gasteiger partial charge in [0.1, 0.15) is 6.10 Å². The molecule has 1 aromatic rings. The zero-order chi connectivity index (χ0) is 19.0. The molecule has 1 aliphatic carbocycles. The summed E-state index contributed by atoms with van der Waals surface area (Å²) in [5.41, 5.74) is 5.75. The van der Waals surface area contributed by atoms with Crippen LogP contribution in [0.1, 0.15) is 45.4 Å². The molecule has 1 saturated carbocycles. The number of amides is 1. The minimum atomic E-state index is -3.64. The number of benzene rings is 1. The van der Waals surface area contributed by atoms with E-state index in [1.54, 1.807) is 19.1 Å². The van der Waals surface area contributed by atoms with Crippen molar-refractivity contribution in [2.24, 2.45) is 5.73 Å². The van der Waals surface area contributed by atoms with Gasteiger partial charge in [-0.15, -0.1) is 12.4 Å². The predicted octanol–water partition coefficient (Wildman–Crippen LogP) is 2.41. The maximum Gasteiger partial charge on any atom is 0.253 e. The number of hydrogen-bond acceptors (Lipinski definition) is 5. The second kappa shape index (κ2) is 11.6. The molecule has 0 aliphatic heterocycles. The molecule has 0 aromatic heterocycles. The lowest BCUT2D eigenvalue weighted by Gasteiger charge is -2.20. The summed E-state index contributed by atoms with van der Waals surface area (Å²) in [7, 11) is -3.64. The Morgan fingerprint density at radius 3 is 2.56 bits per heavy atom. The maximum absolute atomic E-state index is 12.4. The lowest BCUT2D eigenvalue weighted by molar-refractivity contribution is -0.130. The van der Waals surface area contributed by atoms with E-state index in [9.17, 15) is 13.2 Å². The van der Waals surface area contributed by atoms with Crippen molar-refractivity contribution in [2.45, 2.75) is 62.6 Å². The van der Waals surface area contributed by atoms with Crippen molar-refractivity contribution in [3.63, 3.8) is 0 Å². The highest BCUT2D eigenvalue weighted by molar-refractivity contribution is 7.89. The van der Waals surface area contributed by atoms with E-state index in [0.29, 0.717) is 5.69 Å². The number of nitrogens with two attached hydrogens (primary N) is 1. The first-order valence-electron chi connectivity index (χ1n) is 9.18. The first-order valence-corrected chi connectivity index (χ1v) is 10.7. The van der Waals surface area contributed by atoms with Crippen LogP contribution in [0.3, 0.4) is 0 Å². The molecule has 1 unspecified atom stereocenters. The summed E-state index contributed by atoms with van der Waals surface area (Å²) in [6.07, 6.45) is 6.21. The number of carbonyl (C=O) groups is 1. The van der Waals surface area contributed by atoms with Crippen molar-refractivity contribution >= 4 is 34.0 Å². The molecule has 27 heavy (non-hydrogen) atoms. The van der Waals surface area contributed by atoms with Crippen molar-refractivity contribution in [1.82, 2.24) is 4.72 Å². The van der Waals surface area contributed by atoms with Crippen molar-refractivity contribution < 1.29 is 17.9 Å². The molecule has 7 nitrogen and oxygen atoms in total. The highest BCUT2D eigenvalue weighted by atomic mass is 35.5. The topological polar surface area (TPSA) is 111 Å². The largest absolute Gasteiger partial charge is 0.365 e. The minimum absolute atomic E-state index is 0. The Labute approximate surface area is 167 Å². The molecule has 9 heteroatoms. The monoisotopic (exact) mass is 419 g/mol. The second-order valence-electron chi connectivity index (χ2n) is 6.60. The average Bonchev–Trinajstić information content (AvgIpc) is 2.89. The number of sulfonamides is 1. The van der Waals surface area contributed by atoms with Crippen LogP contribution in [0, 0.1) is 0 Å². The zero-order valence-electron chi connectivity index (χ0n) is 15.6. The summed E-state index contributed by atoms with van der Waals surface area (Å²) in [5, 5.41) is 2.73. The van der Waals surface area contributed by atoms with E-state index >= 15 is 0 Å². The molecule has 2 rings (SSSR count). The molecule has 0 spiro atoms. The number of nitrogens with one attached hydrogen (secondary N) is 2. The van der Waals surface area contributed by atoms with Gasteiger partial charge in [-0.2, -0.15) is 0 Å². The Kier molecular flexibility index (Phi) is 10.3. The van der Waals surface area contributed by atoms with Gasteiger partial charge in [0, 0.05) is 18.8 Å². The molecule has 0 heterocycles. The van der Waals surface area contributed by atoms with Gasteiger partial charge in [0.15, 0.2) is 0 Å². The third-order valence-corrected chi connectivity index (χ3v) is 5.87. The molecule has 154 valence electrons. The standard InChI is InChI=1S/C18H29N3O4S.ClH/c1-14(25-16-8-4-2-3-5-9-16)18(22)21-15-7-6-10-17(13-15)26(23,24)20-12-11-19;/h6-7,10,13-14,16,20H,2-5,8-9,11-12,19H2,1H3,(H,21,22);1H. The normalized spacial score (nSPS) is 16.8. The number of ether oxygens (including phenoxy) is 1. The van der Waals surface area contributed by atoms with Gasteiger partial charge in [-0.1, -0.05) is 31.7 Å². The molecule has 4 N–H and O–H groups in total. The van der Waals surface area contributed by atoms with Gasteiger partial charge < -0.3 is 15.8 Å². The lowest BCUT2D eigenvalue weighted by atomic mass is 10.1. The van der Waals surface area contributed by atoms with E-state index in [1.807, 2.05) is 0 Å². The van der Waals surface area contributed by atoms with Crippen LogP contribution in [0.15, 0.2) is 29.2 Å². The highest BCUT2D eigenvalue weighted by Crippen LogP contribution is 2.21. The molecule has 0 radical (unpaired) electrons. The maximum atomic E-state index is 12.4. The summed E-state index contributed by atoms with van der Waals surface area (Å²) in [6, 6.07) is 6.14. The Hall–Kier alpha value is -1.19. The summed E-state index contributed by atoms with van der Waals surface area (Å²) >= 11 is 0. The molecule has 0 saturated heterocycles. The molecular formula is C18H30ClN3O4S. The van der Waals surface area contributed by atoms with E-state index in [1.165, 1.54) is 25.0 Å². The fourth-order valence-corrected chi connectivity index (χ4v) is 4.08. The Morgan fingerprint density at radius 2 is 1.93 bits per heavy atom. The van der Waals surface area contributed by atoms with Gasteiger partial charge in [0.05, 0.1) is 11.0 Å². The van der Waals surface area contributed by atoms with Crippen molar-refractivity contribution in [3.8, 4) is 0 Å². The van der Waals surface area contributed by atoms with Crippen molar-refractivity contribution in [1.29, 1.82) is 0 Å². The summed E-state index contributed by atoms with van der Waals surface area (Å²) in [5.74, 6) is -0.279. The van der Waals surface area contributed by atoms with E-state index in [0.717, 1.165) is 25.7 Å². The first kappa shape index (κ1) is 23.8. The van der Waals surface area contributed by atoms with Crippen molar-refractivity contribution in [3.05, 3.63) is 24.3 Å². The van der Waals surface area contributed by atoms with Gasteiger partial charge in [-0.3, -0.25) is 4.79 Å². The zero-order valence-corrected chi connectivity index (χ0v) is 17.3. The number of halogens is 1. The van der Waals surface area contributed by atoms with Crippen LogP contribution < -0.4 is 15.8 Å². The van der Waals surface area contributed by atoms with Gasteiger partial charge in [-0.05, 0) is 38.0 Å². The molecule has 1 amide bonds. The van der Waals surface area contributed by atoms with Crippen LogP contribution in [0.2, 0.25) is 0 Å². The van der Waals surface area contributed by atoms with E-state index < -0.39 is 16.1 Å². The van der Waals surface area contributed by atoms with Gasteiger partial charge in [0.2, 0.25) is 10.0 Å². The summed E-state index contributed by atoms with van der Waals surface area (Å²) in [6.45, 7) is 2.10. The molecule has 1 aromatic carbocycles. The van der Waals surface area contributed by atoms with Crippen molar-refractivity contribution in [2.75, 3.05) is 18.4 Å². The van der Waals surface area contributed by atoms with Gasteiger partial charge in [-0.25, -0.2) is 13.1 Å². The van der Waals surface area contributed by atoms with Crippen LogP contribution in [-0.2, 0) is 19.6 Å². The third-order valence-electron chi connectivity index (χ3n) is 4.42. The Balaban J connectivity index is 0.00000364. The lowest BCUT2D eigenvalue weighted by Crippen LogP contribution is -2.32. The van der Waals surface area contributed by atoms with Gasteiger partial charge >= 0.3 is 0 Å². The number of carbonyl (C=O) groups excluding carboxylic acids is 1. The highest BCUT2D eigenvalue weighted by Gasteiger charge is 2.21. The third kappa shape index (κ3) is 7.75. The number of hydrogen-bond donors (Lipinski definition) is 3. The van der Waals surface area contributed by atoms with Crippen LogP contribution >= 0.6 is 12.4 Å². The molecule has 1 aliphatic rings. The van der Waals surface area contributed by atoms with Crippen LogP contribution in [0.5, 0.6) is 0 Å². The van der Waals surface area contributed by atoms with E-state index in [-0.39, 0.29) is 42.4 Å². The van der Waals surface area contributed by atoms with E-state index in [4.69, 9.17) is 10.5 Å². The van der Waals surface area contributed by atoms with Crippen LogP contribution in [-0.4, -0.2) is 39.6 Å². The van der Waals surface area contributed by atoms with Gasteiger partial charge in [0.25, 0.3) is 5.91 Å². The predicted molar refractivity (Wildman–Crippen MR) is 109 cm³/mol. The fourth-order valence-electron chi connectivity index (χ4n) is 2.99. The SMILES string of the molecule is CC(OC1CCCCCC1)C(=O)Nc1cccc(S(=O)(=O)NCCN)c1.Cl. The summed E-state index contributed by atoms with van der Waals surface area (Å²) < 4.78 is 32.6. The second-order valence-corrected chi connectivity index (χ2v) is 8.36. The smallest absolute Gasteiger partial charge is 0.253 e. The summed E-state index contributed by atoms with van der Waals surface area (Å²) in [4.78, 5) is 12.5. The molecule has 0 bridgehead atoms.